The van der Waals surface area contributed by atoms with Crippen LogP contribution in [-0.4, -0.2) is 36.4 Å². The SMILES string of the molecule is CCOc1ccc(/C(C)=N\NC(=O)Cc2ccc3c(c2)OCCO3)cc1[N+](=O)[O-]. The summed E-state index contributed by atoms with van der Waals surface area (Å²) in [5.74, 6) is 1.15. The first-order chi connectivity index (χ1) is 14.0. The predicted molar refractivity (Wildman–Crippen MR) is 106 cm³/mol. The fraction of sp³-hybridized carbons (Fsp3) is 0.300. The summed E-state index contributed by atoms with van der Waals surface area (Å²) in [5, 5.41) is 15.3. The molecule has 2 aromatic carbocycles. The highest BCUT2D eigenvalue weighted by atomic mass is 16.6. The molecule has 0 saturated heterocycles. The number of carbonyl (C=O) groups excluding carboxylic acids is 1. The largest absolute Gasteiger partial charge is 0.487 e. The zero-order valence-electron chi connectivity index (χ0n) is 16.1. The van der Waals surface area contributed by atoms with Crippen molar-refractivity contribution in [2.24, 2.45) is 5.10 Å². The van der Waals surface area contributed by atoms with E-state index in [9.17, 15) is 14.9 Å². The van der Waals surface area contributed by atoms with E-state index in [1.54, 1.807) is 38.1 Å². The van der Waals surface area contributed by atoms with Crippen LogP contribution in [0.25, 0.3) is 0 Å². The van der Waals surface area contributed by atoms with Crippen LogP contribution in [0.4, 0.5) is 5.69 Å². The van der Waals surface area contributed by atoms with Crippen molar-refractivity contribution in [2.75, 3.05) is 19.8 Å². The summed E-state index contributed by atoms with van der Waals surface area (Å²) >= 11 is 0. The van der Waals surface area contributed by atoms with E-state index in [-0.39, 0.29) is 23.8 Å². The van der Waals surface area contributed by atoms with Crippen LogP contribution in [0.5, 0.6) is 17.2 Å². The Morgan fingerprint density at radius 1 is 1.21 bits per heavy atom. The number of hydrazone groups is 1. The maximum Gasteiger partial charge on any atom is 0.311 e. The lowest BCUT2D eigenvalue weighted by Crippen LogP contribution is -2.21. The monoisotopic (exact) mass is 399 g/mol. The number of amides is 1. The van der Waals surface area contributed by atoms with Gasteiger partial charge in [0, 0.05) is 11.6 Å². The molecule has 2 aromatic rings. The van der Waals surface area contributed by atoms with Gasteiger partial charge in [-0.2, -0.15) is 5.10 Å². The summed E-state index contributed by atoms with van der Waals surface area (Å²) < 4.78 is 16.2. The number of nitro benzene ring substituents is 1. The van der Waals surface area contributed by atoms with E-state index < -0.39 is 4.92 Å². The number of hydrogen-bond donors (Lipinski definition) is 1. The number of fused-ring (bicyclic) bond motifs is 1. The van der Waals surface area contributed by atoms with Crippen molar-refractivity contribution in [2.45, 2.75) is 20.3 Å². The van der Waals surface area contributed by atoms with Gasteiger partial charge in [-0.3, -0.25) is 14.9 Å². The molecule has 0 radical (unpaired) electrons. The molecular formula is C20H21N3O6. The van der Waals surface area contributed by atoms with Crippen molar-refractivity contribution in [3.05, 3.63) is 57.6 Å². The molecule has 29 heavy (non-hydrogen) atoms. The lowest BCUT2D eigenvalue weighted by molar-refractivity contribution is -0.385. The first-order valence-electron chi connectivity index (χ1n) is 9.11. The summed E-state index contributed by atoms with van der Waals surface area (Å²) in [6.07, 6.45) is 0.108. The molecule has 1 aliphatic heterocycles. The van der Waals surface area contributed by atoms with Crippen molar-refractivity contribution in [3.8, 4) is 17.2 Å². The second-order valence-electron chi connectivity index (χ2n) is 6.26. The predicted octanol–water partition coefficient (Wildman–Crippen LogP) is 2.85. The number of nitrogens with zero attached hydrogens (tertiary/aromatic N) is 2. The van der Waals surface area contributed by atoms with Crippen LogP contribution in [-0.2, 0) is 11.2 Å². The van der Waals surface area contributed by atoms with Gasteiger partial charge in [0.15, 0.2) is 17.2 Å². The highest BCUT2D eigenvalue weighted by Crippen LogP contribution is 2.31. The zero-order valence-corrected chi connectivity index (χ0v) is 16.1. The smallest absolute Gasteiger partial charge is 0.311 e. The maximum atomic E-state index is 12.2. The van der Waals surface area contributed by atoms with E-state index >= 15 is 0 Å². The van der Waals surface area contributed by atoms with Crippen molar-refractivity contribution in [1.82, 2.24) is 5.43 Å². The Bertz CT molecular complexity index is 957. The molecule has 152 valence electrons. The quantitative estimate of drug-likeness (QED) is 0.435. The highest BCUT2D eigenvalue weighted by Gasteiger charge is 2.17. The molecule has 9 heteroatoms. The van der Waals surface area contributed by atoms with Crippen molar-refractivity contribution in [3.63, 3.8) is 0 Å². The Hall–Kier alpha value is -3.62. The Morgan fingerprint density at radius 3 is 2.69 bits per heavy atom. The van der Waals surface area contributed by atoms with Crippen molar-refractivity contribution >= 4 is 17.3 Å². The number of rotatable bonds is 7. The number of benzene rings is 2. The molecule has 0 unspecified atom stereocenters. The van der Waals surface area contributed by atoms with Gasteiger partial charge in [0.25, 0.3) is 0 Å². The summed E-state index contributed by atoms with van der Waals surface area (Å²) in [6, 6.07) is 9.87. The van der Waals surface area contributed by atoms with Crippen LogP contribution in [0.1, 0.15) is 25.0 Å². The summed E-state index contributed by atoms with van der Waals surface area (Å²) in [7, 11) is 0. The molecule has 0 spiro atoms. The lowest BCUT2D eigenvalue weighted by Gasteiger charge is -2.18. The Kier molecular flexibility index (Phi) is 6.28. The molecular weight excluding hydrogens is 378 g/mol. The molecule has 3 rings (SSSR count). The molecule has 9 nitrogen and oxygen atoms in total. The normalized spacial score (nSPS) is 13.0. The van der Waals surface area contributed by atoms with Gasteiger partial charge in [0.1, 0.15) is 13.2 Å². The first-order valence-corrected chi connectivity index (χ1v) is 9.11. The summed E-state index contributed by atoms with van der Waals surface area (Å²) in [4.78, 5) is 22.9. The second-order valence-corrected chi connectivity index (χ2v) is 6.26. The number of nitro groups is 1. The number of ether oxygens (including phenoxy) is 3. The fourth-order valence-corrected chi connectivity index (χ4v) is 2.80. The van der Waals surface area contributed by atoms with Crippen LogP contribution >= 0.6 is 0 Å². The Labute approximate surface area is 167 Å². The molecule has 1 heterocycles. The van der Waals surface area contributed by atoms with Gasteiger partial charge < -0.3 is 14.2 Å². The summed E-state index contributed by atoms with van der Waals surface area (Å²) in [6.45, 7) is 4.71. The van der Waals surface area contributed by atoms with E-state index in [2.05, 4.69) is 10.5 Å². The number of nitrogens with one attached hydrogen (secondary N) is 1. The number of carbonyl (C=O) groups is 1. The summed E-state index contributed by atoms with van der Waals surface area (Å²) in [5.41, 5.74) is 4.03. The van der Waals surface area contributed by atoms with Gasteiger partial charge in [-0.05, 0) is 43.7 Å². The fourth-order valence-electron chi connectivity index (χ4n) is 2.80. The molecule has 0 bridgehead atoms. The van der Waals surface area contributed by atoms with E-state index in [0.717, 1.165) is 5.56 Å². The van der Waals surface area contributed by atoms with Crippen molar-refractivity contribution < 1.29 is 23.9 Å². The average molecular weight is 399 g/mol. The molecule has 1 N–H and O–H groups in total. The topological polar surface area (TPSA) is 112 Å². The van der Waals surface area contributed by atoms with E-state index in [0.29, 0.717) is 42.6 Å². The number of hydrogen-bond acceptors (Lipinski definition) is 7. The standard InChI is InChI=1S/C20H21N3O6/c1-3-27-17-7-5-15(12-16(17)23(25)26)13(2)21-22-20(24)11-14-4-6-18-19(10-14)29-9-8-28-18/h4-7,10,12H,3,8-9,11H2,1-2H3,(H,22,24)/b21-13-. The van der Waals surface area contributed by atoms with Crippen LogP contribution in [0.15, 0.2) is 41.5 Å². The maximum absolute atomic E-state index is 12.2. The molecule has 0 saturated carbocycles. The molecule has 1 amide bonds. The minimum Gasteiger partial charge on any atom is -0.487 e. The third-order valence-corrected chi connectivity index (χ3v) is 4.19. The van der Waals surface area contributed by atoms with Gasteiger partial charge in [-0.15, -0.1) is 0 Å². The van der Waals surface area contributed by atoms with Crippen LogP contribution < -0.4 is 19.6 Å². The van der Waals surface area contributed by atoms with Gasteiger partial charge >= 0.3 is 5.69 Å². The highest BCUT2D eigenvalue weighted by molar-refractivity contribution is 6.00. The van der Waals surface area contributed by atoms with E-state index in [1.165, 1.54) is 12.1 Å². The first kappa shape index (κ1) is 20.1. The van der Waals surface area contributed by atoms with Crippen molar-refractivity contribution in [1.29, 1.82) is 0 Å². The minimum atomic E-state index is -0.512. The third kappa shape index (κ3) is 5.01. The minimum absolute atomic E-state index is 0.108. The molecule has 0 aliphatic carbocycles. The molecule has 0 fully saturated rings. The third-order valence-electron chi connectivity index (χ3n) is 4.19. The zero-order chi connectivity index (χ0) is 20.8. The Morgan fingerprint density at radius 2 is 1.97 bits per heavy atom. The van der Waals surface area contributed by atoms with Gasteiger partial charge in [-0.1, -0.05) is 6.07 Å². The van der Waals surface area contributed by atoms with Crippen LogP contribution in [0.3, 0.4) is 0 Å². The average Bonchev–Trinajstić information content (AvgIpc) is 2.72. The lowest BCUT2D eigenvalue weighted by atomic mass is 10.1. The van der Waals surface area contributed by atoms with E-state index in [1.807, 2.05) is 0 Å². The molecule has 0 aromatic heterocycles. The van der Waals surface area contributed by atoms with Gasteiger partial charge in [-0.25, -0.2) is 5.43 Å². The molecule has 1 aliphatic rings. The molecule has 0 atom stereocenters. The Balaban J connectivity index is 1.67. The van der Waals surface area contributed by atoms with Gasteiger partial charge in [0.2, 0.25) is 5.91 Å². The van der Waals surface area contributed by atoms with Gasteiger partial charge in [0.05, 0.1) is 23.7 Å². The van der Waals surface area contributed by atoms with Crippen LogP contribution in [0, 0.1) is 10.1 Å². The van der Waals surface area contributed by atoms with Crippen LogP contribution in [0.2, 0.25) is 0 Å². The second kappa shape index (κ2) is 9.05. The van der Waals surface area contributed by atoms with E-state index in [4.69, 9.17) is 14.2 Å².